The minimum absolute atomic E-state index is 0.0185. The number of amides is 2. The fourth-order valence-electron chi connectivity index (χ4n) is 2.21. The van der Waals surface area contributed by atoms with E-state index in [-0.39, 0.29) is 18.0 Å². The van der Waals surface area contributed by atoms with Gasteiger partial charge in [0, 0.05) is 11.0 Å². The molecule has 2 aromatic carbocycles. The van der Waals surface area contributed by atoms with Gasteiger partial charge < -0.3 is 10.6 Å². The summed E-state index contributed by atoms with van der Waals surface area (Å²) in [5.74, 6) is -1.67. The van der Waals surface area contributed by atoms with Gasteiger partial charge in [-0.15, -0.1) is 11.8 Å². The number of nitrogens with one attached hydrogen (secondary N) is 2. The van der Waals surface area contributed by atoms with E-state index in [1.807, 2.05) is 6.07 Å². The first-order valence-electron chi connectivity index (χ1n) is 6.82. The number of hydrogen-bond acceptors (Lipinski definition) is 3. The summed E-state index contributed by atoms with van der Waals surface area (Å²) in [6, 6.07) is 8.29. The molecule has 1 heterocycles. The highest BCUT2D eigenvalue weighted by Gasteiger charge is 2.16. The van der Waals surface area contributed by atoms with Crippen LogP contribution in [0.1, 0.15) is 5.56 Å². The molecule has 0 saturated carbocycles. The van der Waals surface area contributed by atoms with E-state index >= 15 is 0 Å². The molecule has 4 nitrogen and oxygen atoms in total. The molecule has 1 aliphatic heterocycles. The van der Waals surface area contributed by atoms with Gasteiger partial charge in [0.2, 0.25) is 11.8 Å². The third-order valence-corrected chi connectivity index (χ3v) is 4.32. The second-order valence-corrected chi connectivity index (χ2v) is 6.03. The maximum absolute atomic E-state index is 13.5. The fourth-order valence-corrected chi connectivity index (χ4v) is 3.00. The van der Waals surface area contributed by atoms with Crippen LogP contribution >= 0.6 is 11.8 Å². The smallest absolute Gasteiger partial charge is 0.234 e. The Kier molecular flexibility index (Phi) is 4.29. The van der Waals surface area contributed by atoms with Gasteiger partial charge in [-0.05, 0) is 29.8 Å². The van der Waals surface area contributed by atoms with Crippen molar-refractivity contribution in [2.24, 2.45) is 0 Å². The Hall–Kier alpha value is -2.41. The van der Waals surface area contributed by atoms with Gasteiger partial charge in [-0.2, -0.15) is 0 Å². The van der Waals surface area contributed by atoms with Crippen molar-refractivity contribution in [1.29, 1.82) is 0 Å². The number of rotatable bonds is 3. The monoisotopic (exact) mass is 334 g/mol. The van der Waals surface area contributed by atoms with Crippen LogP contribution < -0.4 is 10.6 Å². The third-order valence-electron chi connectivity index (χ3n) is 3.25. The van der Waals surface area contributed by atoms with Crippen molar-refractivity contribution >= 4 is 35.0 Å². The minimum atomic E-state index is -0.826. The molecule has 2 aromatic rings. The maximum Gasteiger partial charge on any atom is 0.234 e. The molecule has 0 atom stereocenters. The first-order chi connectivity index (χ1) is 11.0. The molecule has 0 fully saturated rings. The van der Waals surface area contributed by atoms with Gasteiger partial charge in [0.15, 0.2) is 0 Å². The van der Waals surface area contributed by atoms with Crippen LogP contribution in [0.15, 0.2) is 41.3 Å². The molecule has 0 spiro atoms. The molecular formula is C16H12F2N2O2S. The van der Waals surface area contributed by atoms with E-state index in [1.54, 1.807) is 12.1 Å². The number of halogens is 2. The Bertz CT molecular complexity index is 796. The van der Waals surface area contributed by atoms with Crippen molar-refractivity contribution in [2.45, 2.75) is 11.3 Å². The lowest BCUT2D eigenvalue weighted by atomic mass is 10.1. The number of hydrogen-bond donors (Lipinski definition) is 2. The molecule has 0 unspecified atom stereocenters. The molecule has 118 valence electrons. The lowest BCUT2D eigenvalue weighted by molar-refractivity contribution is -0.115. The number of thioether (sulfide) groups is 1. The SMILES string of the molecule is O=C(Cc1ccc2c(c1)NC(=O)CS2)Nc1ccc(F)cc1F. The van der Waals surface area contributed by atoms with Crippen LogP contribution in [0.3, 0.4) is 0 Å². The summed E-state index contributed by atoms with van der Waals surface area (Å²) in [4.78, 5) is 24.3. The molecule has 2 N–H and O–H groups in total. The zero-order valence-corrected chi connectivity index (χ0v) is 12.7. The Morgan fingerprint density at radius 2 is 2.04 bits per heavy atom. The van der Waals surface area contributed by atoms with Crippen LogP contribution in [-0.2, 0) is 16.0 Å². The first kappa shape index (κ1) is 15.5. The Morgan fingerprint density at radius 1 is 1.22 bits per heavy atom. The molecular weight excluding hydrogens is 322 g/mol. The Labute approximate surface area is 135 Å². The summed E-state index contributed by atoms with van der Waals surface area (Å²) in [5, 5.41) is 5.15. The molecule has 0 saturated heterocycles. The summed E-state index contributed by atoms with van der Waals surface area (Å²) in [6.07, 6.45) is 0.0185. The molecule has 23 heavy (non-hydrogen) atoms. The van der Waals surface area contributed by atoms with E-state index in [2.05, 4.69) is 10.6 Å². The normalized spacial score (nSPS) is 13.2. The average Bonchev–Trinajstić information content (AvgIpc) is 2.49. The van der Waals surface area contributed by atoms with Gasteiger partial charge in [-0.3, -0.25) is 9.59 Å². The van der Waals surface area contributed by atoms with Crippen molar-refractivity contribution in [3.8, 4) is 0 Å². The molecule has 0 aliphatic carbocycles. The van der Waals surface area contributed by atoms with Crippen LogP contribution in [0.25, 0.3) is 0 Å². The van der Waals surface area contributed by atoms with E-state index in [0.717, 1.165) is 11.0 Å². The zero-order chi connectivity index (χ0) is 16.4. The molecule has 0 bridgehead atoms. The van der Waals surface area contributed by atoms with E-state index in [0.29, 0.717) is 23.1 Å². The second-order valence-electron chi connectivity index (χ2n) is 5.02. The Morgan fingerprint density at radius 3 is 2.83 bits per heavy atom. The number of carbonyl (C=O) groups is 2. The molecule has 1 aliphatic rings. The number of carbonyl (C=O) groups excluding carboxylic acids is 2. The van der Waals surface area contributed by atoms with E-state index < -0.39 is 17.5 Å². The van der Waals surface area contributed by atoms with Gasteiger partial charge in [0.25, 0.3) is 0 Å². The summed E-state index contributed by atoms with van der Waals surface area (Å²) in [5.41, 5.74) is 1.29. The van der Waals surface area contributed by atoms with Crippen molar-refractivity contribution in [3.05, 3.63) is 53.6 Å². The number of benzene rings is 2. The lowest BCUT2D eigenvalue weighted by Gasteiger charge is -2.17. The van der Waals surface area contributed by atoms with Crippen molar-refractivity contribution < 1.29 is 18.4 Å². The van der Waals surface area contributed by atoms with E-state index in [1.165, 1.54) is 17.8 Å². The summed E-state index contributed by atoms with van der Waals surface area (Å²) < 4.78 is 26.3. The highest BCUT2D eigenvalue weighted by molar-refractivity contribution is 8.00. The summed E-state index contributed by atoms with van der Waals surface area (Å²) in [7, 11) is 0. The van der Waals surface area contributed by atoms with Crippen molar-refractivity contribution in [2.75, 3.05) is 16.4 Å². The quantitative estimate of drug-likeness (QED) is 0.906. The molecule has 0 aromatic heterocycles. The van der Waals surface area contributed by atoms with Crippen molar-refractivity contribution in [3.63, 3.8) is 0 Å². The van der Waals surface area contributed by atoms with Crippen LogP contribution in [0.4, 0.5) is 20.2 Å². The van der Waals surface area contributed by atoms with Gasteiger partial charge in [0.05, 0.1) is 23.5 Å². The van der Waals surface area contributed by atoms with Gasteiger partial charge in [-0.1, -0.05) is 6.07 Å². The fraction of sp³-hybridized carbons (Fsp3) is 0.125. The number of anilines is 2. The third kappa shape index (κ3) is 3.68. The molecule has 0 radical (unpaired) electrons. The second kappa shape index (κ2) is 6.37. The lowest BCUT2D eigenvalue weighted by Crippen LogP contribution is -2.19. The number of fused-ring (bicyclic) bond motifs is 1. The minimum Gasteiger partial charge on any atom is -0.324 e. The van der Waals surface area contributed by atoms with Crippen LogP contribution in [0, 0.1) is 11.6 Å². The topological polar surface area (TPSA) is 58.2 Å². The summed E-state index contributed by atoms with van der Waals surface area (Å²) >= 11 is 1.43. The first-order valence-corrected chi connectivity index (χ1v) is 7.80. The molecule has 2 amide bonds. The van der Waals surface area contributed by atoms with Crippen LogP contribution in [-0.4, -0.2) is 17.6 Å². The van der Waals surface area contributed by atoms with E-state index in [9.17, 15) is 18.4 Å². The highest BCUT2D eigenvalue weighted by Crippen LogP contribution is 2.32. The predicted octanol–water partition coefficient (Wildman–Crippen LogP) is 3.19. The molecule has 3 rings (SSSR count). The van der Waals surface area contributed by atoms with Crippen LogP contribution in [0.2, 0.25) is 0 Å². The maximum atomic E-state index is 13.5. The highest BCUT2D eigenvalue weighted by atomic mass is 32.2. The van der Waals surface area contributed by atoms with Crippen molar-refractivity contribution in [1.82, 2.24) is 0 Å². The summed E-state index contributed by atoms with van der Waals surface area (Å²) in [6.45, 7) is 0. The zero-order valence-electron chi connectivity index (χ0n) is 11.9. The standard InChI is InChI=1S/C16H12F2N2O2S/c17-10-2-3-12(11(18)7-10)19-15(21)6-9-1-4-14-13(5-9)20-16(22)8-23-14/h1-5,7H,6,8H2,(H,19,21)(H,20,22). The predicted molar refractivity (Wildman–Crippen MR) is 84.5 cm³/mol. The van der Waals surface area contributed by atoms with Gasteiger partial charge in [-0.25, -0.2) is 8.78 Å². The van der Waals surface area contributed by atoms with Gasteiger partial charge >= 0.3 is 0 Å². The van der Waals surface area contributed by atoms with Crippen LogP contribution in [0.5, 0.6) is 0 Å². The average molecular weight is 334 g/mol. The Balaban J connectivity index is 1.70. The van der Waals surface area contributed by atoms with Gasteiger partial charge in [0.1, 0.15) is 11.6 Å². The largest absolute Gasteiger partial charge is 0.324 e. The van der Waals surface area contributed by atoms with E-state index in [4.69, 9.17) is 0 Å². The molecule has 7 heteroatoms.